The van der Waals surface area contributed by atoms with Crippen molar-refractivity contribution in [3.63, 3.8) is 0 Å². The molecule has 0 fully saturated rings. The molecule has 0 spiro atoms. The van der Waals surface area contributed by atoms with E-state index in [0.29, 0.717) is 6.61 Å². The van der Waals surface area contributed by atoms with Crippen molar-refractivity contribution >= 4 is 21.9 Å². The highest BCUT2D eigenvalue weighted by molar-refractivity contribution is 9.10. The monoisotopic (exact) mass is 446 g/mol. The minimum atomic E-state index is -0.117. The van der Waals surface area contributed by atoms with E-state index in [1.54, 1.807) is 0 Å². The highest BCUT2D eigenvalue weighted by atomic mass is 79.9. The quantitative estimate of drug-likeness (QED) is 0.0999. The first-order valence-corrected chi connectivity index (χ1v) is 12.9. The number of rotatable bonds is 21. The Balaban J connectivity index is 3.12. The first-order chi connectivity index (χ1) is 13.2. The number of hydrogen-bond acceptors (Lipinski definition) is 2. The Morgan fingerprint density at radius 1 is 0.630 bits per heavy atom. The number of carbonyl (C=O) groups excluding carboxylic acids is 1. The zero-order valence-electron chi connectivity index (χ0n) is 18.4. The molecule has 0 aromatic rings. The van der Waals surface area contributed by atoms with Crippen LogP contribution in [-0.4, -0.2) is 17.4 Å². The van der Waals surface area contributed by atoms with Crippen molar-refractivity contribution in [3.05, 3.63) is 0 Å². The van der Waals surface area contributed by atoms with Crippen LogP contribution in [0.4, 0.5) is 0 Å². The van der Waals surface area contributed by atoms with Crippen LogP contribution >= 0.6 is 15.9 Å². The van der Waals surface area contributed by atoms with Gasteiger partial charge in [-0.25, -0.2) is 0 Å². The number of carbonyl (C=O) groups is 1. The number of unbranched alkanes of at least 4 members (excludes halogenated alkanes) is 16. The number of hydrogen-bond donors (Lipinski definition) is 0. The topological polar surface area (TPSA) is 26.3 Å². The van der Waals surface area contributed by atoms with E-state index in [1.807, 2.05) is 0 Å². The van der Waals surface area contributed by atoms with Crippen LogP contribution in [0.25, 0.3) is 0 Å². The molecule has 2 nitrogen and oxygen atoms in total. The van der Waals surface area contributed by atoms with E-state index in [9.17, 15) is 4.79 Å². The summed E-state index contributed by atoms with van der Waals surface area (Å²) in [5.74, 6) is -0.0895. The van der Waals surface area contributed by atoms with Crippen LogP contribution in [0.5, 0.6) is 0 Å². The summed E-state index contributed by atoms with van der Waals surface area (Å²) in [6.45, 7) is 4.95. The summed E-state index contributed by atoms with van der Waals surface area (Å²) < 4.78 is 5.29. The second kappa shape index (κ2) is 22.2. The van der Waals surface area contributed by atoms with Crippen molar-refractivity contribution in [2.24, 2.45) is 0 Å². The number of esters is 1. The third-order valence-electron chi connectivity index (χ3n) is 5.29. The maximum absolute atomic E-state index is 11.6. The fourth-order valence-electron chi connectivity index (χ4n) is 3.46. The fraction of sp³-hybridized carbons (Fsp3) is 0.958. The second-order valence-corrected chi connectivity index (χ2v) is 9.19. The van der Waals surface area contributed by atoms with Crippen LogP contribution in [0.3, 0.4) is 0 Å². The van der Waals surface area contributed by atoms with E-state index in [2.05, 4.69) is 29.8 Å². The van der Waals surface area contributed by atoms with Gasteiger partial charge >= 0.3 is 5.97 Å². The molecular weight excluding hydrogens is 400 g/mol. The lowest BCUT2D eigenvalue weighted by Gasteiger charge is -2.09. The lowest BCUT2D eigenvalue weighted by molar-refractivity contribution is -0.143. The molecule has 1 unspecified atom stereocenters. The minimum absolute atomic E-state index is 0.0895. The summed E-state index contributed by atoms with van der Waals surface area (Å²) in [5.41, 5.74) is 0. The fourth-order valence-corrected chi connectivity index (χ4v) is 4.05. The number of ether oxygens (including phenoxy) is 1. The Morgan fingerprint density at radius 3 is 1.37 bits per heavy atom. The van der Waals surface area contributed by atoms with Gasteiger partial charge < -0.3 is 4.74 Å². The molecular formula is C24H47BrO2. The standard InChI is InChI=1S/C24H47BrO2/c1-3-5-6-7-8-9-10-11-12-13-14-15-16-17-18-19-20-22-27-24(26)23(25)21-4-2/h23H,3-22H2,1-2H3. The molecule has 0 aliphatic rings. The van der Waals surface area contributed by atoms with Crippen LogP contribution in [0.15, 0.2) is 0 Å². The Kier molecular flexibility index (Phi) is 22.2. The summed E-state index contributed by atoms with van der Waals surface area (Å²) in [4.78, 5) is 11.5. The molecule has 0 aliphatic heterocycles. The summed E-state index contributed by atoms with van der Waals surface area (Å²) in [6.07, 6.45) is 25.2. The van der Waals surface area contributed by atoms with Crippen molar-refractivity contribution in [1.82, 2.24) is 0 Å². The van der Waals surface area contributed by atoms with Crippen molar-refractivity contribution in [2.75, 3.05) is 6.61 Å². The highest BCUT2D eigenvalue weighted by Gasteiger charge is 2.14. The number of alkyl halides is 1. The Hall–Kier alpha value is -0.0500. The smallest absolute Gasteiger partial charge is 0.319 e. The summed E-state index contributed by atoms with van der Waals surface area (Å²) in [6, 6.07) is 0. The van der Waals surface area contributed by atoms with Crippen molar-refractivity contribution in [1.29, 1.82) is 0 Å². The van der Waals surface area contributed by atoms with E-state index < -0.39 is 0 Å². The molecule has 0 N–H and O–H groups in total. The third-order valence-corrected chi connectivity index (χ3v) is 6.12. The average Bonchev–Trinajstić information content (AvgIpc) is 2.67. The van der Waals surface area contributed by atoms with Gasteiger partial charge in [-0.3, -0.25) is 4.79 Å². The summed E-state index contributed by atoms with van der Waals surface area (Å²) >= 11 is 3.38. The first-order valence-electron chi connectivity index (χ1n) is 12.0. The predicted octanol–water partition coefficient (Wildman–Crippen LogP) is 8.74. The first kappa shape index (κ1) is 27.0. The van der Waals surface area contributed by atoms with Crippen molar-refractivity contribution < 1.29 is 9.53 Å². The van der Waals surface area contributed by atoms with Gasteiger partial charge in [0.05, 0.1) is 6.61 Å². The largest absolute Gasteiger partial charge is 0.465 e. The Morgan fingerprint density at radius 2 is 1.00 bits per heavy atom. The van der Waals surface area contributed by atoms with Crippen LogP contribution in [0, 0.1) is 0 Å². The molecule has 162 valence electrons. The Labute approximate surface area is 178 Å². The Bertz CT molecular complexity index is 307. The lowest BCUT2D eigenvalue weighted by atomic mass is 10.0. The van der Waals surface area contributed by atoms with Gasteiger partial charge in [0.15, 0.2) is 0 Å². The van der Waals surface area contributed by atoms with E-state index in [-0.39, 0.29) is 10.8 Å². The van der Waals surface area contributed by atoms with Gasteiger partial charge in [-0.2, -0.15) is 0 Å². The van der Waals surface area contributed by atoms with Gasteiger partial charge in [-0.1, -0.05) is 139 Å². The molecule has 0 heterocycles. The maximum Gasteiger partial charge on any atom is 0.319 e. The SMILES string of the molecule is CCCCCCCCCCCCCCCCCCCOC(=O)C(Br)CCC. The van der Waals surface area contributed by atoms with Crippen molar-refractivity contribution in [3.8, 4) is 0 Å². The average molecular weight is 448 g/mol. The van der Waals surface area contributed by atoms with E-state index >= 15 is 0 Å². The van der Waals surface area contributed by atoms with Crippen LogP contribution in [0.2, 0.25) is 0 Å². The van der Waals surface area contributed by atoms with E-state index in [4.69, 9.17) is 4.74 Å². The van der Waals surface area contributed by atoms with Crippen LogP contribution in [-0.2, 0) is 9.53 Å². The normalized spacial score (nSPS) is 12.3. The third kappa shape index (κ3) is 20.5. The van der Waals surface area contributed by atoms with Gasteiger partial charge in [0.1, 0.15) is 4.83 Å². The van der Waals surface area contributed by atoms with Gasteiger partial charge in [0.25, 0.3) is 0 Å². The zero-order valence-corrected chi connectivity index (χ0v) is 20.0. The van der Waals surface area contributed by atoms with Gasteiger partial charge in [0.2, 0.25) is 0 Å². The lowest BCUT2D eigenvalue weighted by Crippen LogP contribution is -2.17. The summed E-state index contributed by atoms with van der Waals surface area (Å²) in [5, 5.41) is 0. The molecule has 0 rings (SSSR count). The molecule has 0 aromatic heterocycles. The van der Waals surface area contributed by atoms with Gasteiger partial charge in [-0.05, 0) is 12.8 Å². The van der Waals surface area contributed by atoms with E-state index in [0.717, 1.165) is 19.3 Å². The highest BCUT2D eigenvalue weighted by Crippen LogP contribution is 2.14. The number of halogens is 1. The molecule has 0 saturated carbocycles. The zero-order chi connectivity index (χ0) is 20.0. The van der Waals surface area contributed by atoms with Crippen LogP contribution < -0.4 is 0 Å². The van der Waals surface area contributed by atoms with Gasteiger partial charge in [0, 0.05) is 0 Å². The molecule has 0 saturated heterocycles. The molecule has 3 heteroatoms. The molecule has 27 heavy (non-hydrogen) atoms. The summed E-state index contributed by atoms with van der Waals surface area (Å²) in [7, 11) is 0. The van der Waals surface area contributed by atoms with Crippen LogP contribution in [0.1, 0.15) is 136 Å². The molecule has 0 amide bonds. The molecule has 0 aromatic carbocycles. The van der Waals surface area contributed by atoms with Crippen molar-refractivity contribution in [2.45, 2.75) is 141 Å². The second-order valence-electron chi connectivity index (χ2n) is 8.08. The van der Waals surface area contributed by atoms with E-state index in [1.165, 1.54) is 103 Å². The molecule has 1 atom stereocenters. The maximum atomic E-state index is 11.6. The minimum Gasteiger partial charge on any atom is -0.465 e. The predicted molar refractivity (Wildman–Crippen MR) is 123 cm³/mol. The molecule has 0 radical (unpaired) electrons. The van der Waals surface area contributed by atoms with Gasteiger partial charge in [-0.15, -0.1) is 0 Å². The molecule has 0 aliphatic carbocycles. The molecule has 0 bridgehead atoms.